The predicted octanol–water partition coefficient (Wildman–Crippen LogP) is 2.10. The number of hydrogen-bond donors (Lipinski definition) is 0. The number of pyridine rings is 1. The summed E-state index contributed by atoms with van der Waals surface area (Å²) >= 11 is 2.13. The largest absolute Gasteiger partial charge is 0.488 e. The van der Waals surface area contributed by atoms with Gasteiger partial charge >= 0.3 is 0 Å². The molecular formula is C9H7IN2O. The minimum absolute atomic E-state index is 0.322. The maximum absolute atomic E-state index is 8.80. The second-order valence-electron chi connectivity index (χ2n) is 2.93. The van der Waals surface area contributed by atoms with Crippen LogP contribution in [0.15, 0.2) is 12.4 Å². The second-order valence-corrected chi connectivity index (χ2v) is 4.09. The van der Waals surface area contributed by atoms with E-state index >= 15 is 0 Å². The van der Waals surface area contributed by atoms with Crippen molar-refractivity contribution < 1.29 is 4.74 Å². The molecule has 0 aromatic carbocycles. The fraction of sp³-hybridized carbons (Fsp3) is 0.333. The molecule has 13 heavy (non-hydrogen) atoms. The standard InChI is InChI=1S/C9H7IN2O/c10-8-5-12-4-6(3-11)9(8)13-7-1-2-7/h4-5,7H,1-2H2. The van der Waals surface area contributed by atoms with Gasteiger partial charge in [-0.05, 0) is 35.4 Å². The number of nitrogens with zero attached hydrogens (tertiary/aromatic N) is 2. The van der Waals surface area contributed by atoms with Gasteiger partial charge in [0.15, 0.2) is 5.75 Å². The average molecular weight is 286 g/mol. The van der Waals surface area contributed by atoms with Gasteiger partial charge in [-0.25, -0.2) is 0 Å². The molecule has 2 rings (SSSR count). The van der Waals surface area contributed by atoms with Crippen molar-refractivity contribution in [3.05, 3.63) is 21.5 Å². The van der Waals surface area contributed by atoms with Crippen LogP contribution in [0.4, 0.5) is 0 Å². The smallest absolute Gasteiger partial charge is 0.153 e. The van der Waals surface area contributed by atoms with Gasteiger partial charge in [0, 0.05) is 12.4 Å². The molecule has 1 aromatic rings. The first-order chi connectivity index (χ1) is 6.31. The van der Waals surface area contributed by atoms with Crippen LogP contribution in [0.1, 0.15) is 18.4 Å². The van der Waals surface area contributed by atoms with Gasteiger partial charge < -0.3 is 4.74 Å². The lowest BCUT2D eigenvalue weighted by atomic mass is 10.3. The van der Waals surface area contributed by atoms with Crippen molar-refractivity contribution in [2.45, 2.75) is 18.9 Å². The van der Waals surface area contributed by atoms with E-state index in [2.05, 4.69) is 33.6 Å². The minimum Gasteiger partial charge on any atom is -0.488 e. The normalized spacial score (nSPS) is 15.1. The lowest BCUT2D eigenvalue weighted by Gasteiger charge is -2.07. The maximum Gasteiger partial charge on any atom is 0.153 e. The van der Waals surface area contributed by atoms with E-state index in [0.717, 1.165) is 16.4 Å². The fourth-order valence-corrected chi connectivity index (χ4v) is 1.55. The molecule has 0 saturated heterocycles. The minimum atomic E-state index is 0.322. The number of rotatable bonds is 2. The molecule has 0 atom stereocenters. The van der Waals surface area contributed by atoms with Crippen molar-refractivity contribution in [1.29, 1.82) is 5.26 Å². The molecule has 4 heteroatoms. The molecule has 0 spiro atoms. The molecule has 66 valence electrons. The molecule has 1 saturated carbocycles. The summed E-state index contributed by atoms with van der Waals surface area (Å²) in [6, 6.07) is 2.08. The highest BCUT2D eigenvalue weighted by atomic mass is 127. The number of hydrogen-bond acceptors (Lipinski definition) is 3. The van der Waals surface area contributed by atoms with Crippen molar-refractivity contribution in [3.63, 3.8) is 0 Å². The average Bonchev–Trinajstić information content (AvgIpc) is 2.92. The van der Waals surface area contributed by atoms with Gasteiger partial charge in [0.05, 0.1) is 9.67 Å². The highest BCUT2D eigenvalue weighted by Gasteiger charge is 2.25. The molecule has 0 unspecified atom stereocenters. The highest BCUT2D eigenvalue weighted by Crippen LogP contribution is 2.31. The summed E-state index contributed by atoms with van der Waals surface area (Å²) in [4.78, 5) is 3.93. The van der Waals surface area contributed by atoms with Gasteiger partial charge in [0.25, 0.3) is 0 Å². The van der Waals surface area contributed by atoms with Crippen LogP contribution in [0.5, 0.6) is 5.75 Å². The molecule has 1 aliphatic rings. The van der Waals surface area contributed by atoms with Gasteiger partial charge in [-0.1, -0.05) is 0 Å². The summed E-state index contributed by atoms with van der Waals surface area (Å²) in [5.74, 6) is 0.695. The number of nitriles is 1. The molecule has 1 aliphatic carbocycles. The topological polar surface area (TPSA) is 45.9 Å². The van der Waals surface area contributed by atoms with Crippen LogP contribution in [0.3, 0.4) is 0 Å². The van der Waals surface area contributed by atoms with Crippen LogP contribution in [0.2, 0.25) is 0 Å². The Hall–Kier alpha value is -0.830. The Morgan fingerprint density at radius 1 is 1.54 bits per heavy atom. The Balaban J connectivity index is 2.34. The van der Waals surface area contributed by atoms with Crippen molar-refractivity contribution in [1.82, 2.24) is 4.98 Å². The Bertz CT molecular complexity index is 368. The molecule has 0 aliphatic heterocycles. The van der Waals surface area contributed by atoms with Gasteiger partial charge in [0.2, 0.25) is 0 Å². The Labute approximate surface area is 89.9 Å². The van der Waals surface area contributed by atoms with Crippen LogP contribution in [0, 0.1) is 14.9 Å². The first-order valence-corrected chi connectivity index (χ1v) is 5.09. The Morgan fingerprint density at radius 2 is 2.31 bits per heavy atom. The van der Waals surface area contributed by atoms with E-state index in [-0.39, 0.29) is 0 Å². The summed E-state index contributed by atoms with van der Waals surface area (Å²) < 4.78 is 6.51. The zero-order valence-corrected chi connectivity index (χ0v) is 8.98. The fourth-order valence-electron chi connectivity index (χ4n) is 0.975. The third kappa shape index (κ3) is 1.91. The quantitative estimate of drug-likeness (QED) is 0.782. The molecule has 1 heterocycles. The van der Waals surface area contributed by atoms with E-state index in [9.17, 15) is 0 Å². The molecule has 1 fully saturated rings. The Kier molecular flexibility index (Phi) is 2.36. The van der Waals surface area contributed by atoms with Gasteiger partial charge in [-0.2, -0.15) is 5.26 Å². The van der Waals surface area contributed by atoms with Crippen molar-refractivity contribution in [2.75, 3.05) is 0 Å². The summed E-state index contributed by atoms with van der Waals surface area (Å²) in [5, 5.41) is 8.80. The summed E-state index contributed by atoms with van der Waals surface area (Å²) in [6.45, 7) is 0. The monoisotopic (exact) mass is 286 g/mol. The lowest BCUT2D eigenvalue weighted by Crippen LogP contribution is -2.00. The van der Waals surface area contributed by atoms with Crippen LogP contribution in [-0.2, 0) is 0 Å². The zero-order chi connectivity index (χ0) is 9.26. The first kappa shape index (κ1) is 8.75. The van der Waals surface area contributed by atoms with Gasteiger partial charge in [-0.3, -0.25) is 4.98 Å². The molecule has 1 aromatic heterocycles. The lowest BCUT2D eigenvalue weighted by molar-refractivity contribution is 0.299. The van der Waals surface area contributed by atoms with E-state index in [1.165, 1.54) is 0 Å². The predicted molar refractivity (Wildman–Crippen MR) is 55.3 cm³/mol. The van der Waals surface area contributed by atoms with E-state index in [1.807, 2.05) is 0 Å². The molecule has 0 N–H and O–H groups in total. The van der Waals surface area contributed by atoms with Crippen molar-refractivity contribution in [3.8, 4) is 11.8 Å². The third-order valence-electron chi connectivity index (χ3n) is 1.78. The molecule has 0 bridgehead atoms. The molecule has 3 nitrogen and oxygen atoms in total. The number of ether oxygens (including phenoxy) is 1. The van der Waals surface area contributed by atoms with Crippen LogP contribution in [0.25, 0.3) is 0 Å². The number of aromatic nitrogens is 1. The van der Waals surface area contributed by atoms with E-state index in [0.29, 0.717) is 17.4 Å². The van der Waals surface area contributed by atoms with Crippen molar-refractivity contribution in [2.24, 2.45) is 0 Å². The second kappa shape index (κ2) is 3.50. The van der Waals surface area contributed by atoms with Gasteiger partial charge in [0.1, 0.15) is 11.6 Å². The summed E-state index contributed by atoms with van der Waals surface area (Å²) in [7, 11) is 0. The van der Waals surface area contributed by atoms with E-state index < -0.39 is 0 Å². The SMILES string of the molecule is N#Cc1cncc(I)c1OC1CC1. The molecular weight excluding hydrogens is 279 g/mol. The van der Waals surface area contributed by atoms with E-state index in [1.54, 1.807) is 12.4 Å². The molecule has 0 amide bonds. The third-order valence-corrected chi connectivity index (χ3v) is 2.55. The van der Waals surface area contributed by atoms with E-state index in [4.69, 9.17) is 10.00 Å². The van der Waals surface area contributed by atoms with Crippen molar-refractivity contribution >= 4 is 22.6 Å². The summed E-state index contributed by atoms with van der Waals surface area (Å²) in [5.41, 5.74) is 0.527. The van der Waals surface area contributed by atoms with Crippen LogP contribution in [-0.4, -0.2) is 11.1 Å². The highest BCUT2D eigenvalue weighted by molar-refractivity contribution is 14.1. The maximum atomic E-state index is 8.80. The Morgan fingerprint density at radius 3 is 2.92 bits per heavy atom. The molecule has 0 radical (unpaired) electrons. The summed E-state index contributed by atoms with van der Waals surface area (Å²) in [6.07, 6.45) is 5.77. The first-order valence-electron chi connectivity index (χ1n) is 4.01. The van der Waals surface area contributed by atoms with Crippen LogP contribution < -0.4 is 4.74 Å². The number of halogens is 1. The zero-order valence-electron chi connectivity index (χ0n) is 6.83. The van der Waals surface area contributed by atoms with Gasteiger partial charge in [-0.15, -0.1) is 0 Å². The van der Waals surface area contributed by atoms with Crippen LogP contribution >= 0.6 is 22.6 Å².